The average Bonchev–Trinajstić information content (AvgIpc) is 2.09. The van der Waals surface area contributed by atoms with E-state index in [2.05, 4.69) is 25.1 Å². The minimum atomic E-state index is -3.12. The standard InChI is InChI=1S/C10H21NO3S/c1-8(2)9(3)10(4)14-7-6-11-15(5,12)13/h8-9,11H,4,6-7H2,1-3,5H3. The van der Waals surface area contributed by atoms with Crippen LogP contribution in [0.1, 0.15) is 20.8 Å². The molecular weight excluding hydrogens is 214 g/mol. The molecule has 5 heteroatoms. The van der Waals surface area contributed by atoms with Crippen LogP contribution in [0.4, 0.5) is 0 Å². The molecule has 0 aromatic carbocycles. The third kappa shape index (κ3) is 7.39. The van der Waals surface area contributed by atoms with Gasteiger partial charge in [0.05, 0.1) is 12.0 Å². The molecule has 1 N–H and O–H groups in total. The summed E-state index contributed by atoms with van der Waals surface area (Å²) in [6.45, 7) is 10.6. The monoisotopic (exact) mass is 235 g/mol. The van der Waals surface area contributed by atoms with E-state index in [1.54, 1.807) is 0 Å². The molecule has 0 aliphatic rings. The highest BCUT2D eigenvalue weighted by Crippen LogP contribution is 2.18. The minimum Gasteiger partial charge on any atom is -0.497 e. The number of sulfonamides is 1. The van der Waals surface area contributed by atoms with Crippen molar-refractivity contribution in [3.63, 3.8) is 0 Å². The number of rotatable bonds is 7. The Kier molecular flexibility index (Phi) is 5.90. The minimum absolute atomic E-state index is 0.280. The van der Waals surface area contributed by atoms with Crippen LogP contribution in [0.3, 0.4) is 0 Å². The summed E-state index contributed by atoms with van der Waals surface area (Å²) in [5.74, 6) is 1.46. The van der Waals surface area contributed by atoms with E-state index in [4.69, 9.17) is 4.74 Å². The molecule has 4 nitrogen and oxygen atoms in total. The molecule has 0 fully saturated rings. The van der Waals surface area contributed by atoms with E-state index in [0.717, 1.165) is 6.26 Å². The van der Waals surface area contributed by atoms with Crippen molar-refractivity contribution in [1.29, 1.82) is 0 Å². The smallest absolute Gasteiger partial charge is 0.208 e. The normalized spacial score (nSPS) is 13.9. The summed E-state index contributed by atoms with van der Waals surface area (Å²) in [5.41, 5.74) is 0. The predicted octanol–water partition coefficient (Wildman–Crippen LogP) is 1.36. The highest BCUT2D eigenvalue weighted by molar-refractivity contribution is 7.88. The Morgan fingerprint density at radius 3 is 2.33 bits per heavy atom. The first kappa shape index (κ1) is 14.5. The van der Waals surface area contributed by atoms with Crippen LogP contribution >= 0.6 is 0 Å². The quantitative estimate of drug-likeness (QED) is 0.535. The Bertz CT molecular complexity index is 296. The molecule has 1 atom stereocenters. The first-order valence-electron chi connectivity index (χ1n) is 5.00. The molecule has 0 heterocycles. The molecule has 0 aromatic rings. The van der Waals surface area contributed by atoms with Gasteiger partial charge in [-0.15, -0.1) is 0 Å². The van der Waals surface area contributed by atoms with Crippen LogP contribution in [-0.4, -0.2) is 27.8 Å². The van der Waals surface area contributed by atoms with Crippen molar-refractivity contribution in [2.75, 3.05) is 19.4 Å². The van der Waals surface area contributed by atoms with Gasteiger partial charge in [-0.2, -0.15) is 0 Å². The number of ether oxygens (including phenoxy) is 1. The lowest BCUT2D eigenvalue weighted by atomic mass is 9.97. The molecule has 0 aliphatic heterocycles. The van der Waals surface area contributed by atoms with Gasteiger partial charge in [0, 0.05) is 12.5 Å². The van der Waals surface area contributed by atoms with Gasteiger partial charge in [0.15, 0.2) is 0 Å². The zero-order chi connectivity index (χ0) is 12.1. The van der Waals surface area contributed by atoms with E-state index < -0.39 is 10.0 Å². The molecule has 90 valence electrons. The topological polar surface area (TPSA) is 55.4 Å². The van der Waals surface area contributed by atoms with Gasteiger partial charge in [-0.05, 0) is 5.92 Å². The molecule has 0 aliphatic carbocycles. The number of hydrogen-bond donors (Lipinski definition) is 1. The number of allylic oxidation sites excluding steroid dienone is 1. The molecule has 0 radical (unpaired) electrons. The van der Waals surface area contributed by atoms with Crippen molar-refractivity contribution in [3.8, 4) is 0 Å². The largest absolute Gasteiger partial charge is 0.497 e. The van der Waals surface area contributed by atoms with E-state index in [0.29, 0.717) is 18.3 Å². The fourth-order valence-electron chi connectivity index (χ4n) is 0.912. The maximum absolute atomic E-state index is 10.7. The maximum Gasteiger partial charge on any atom is 0.208 e. The second-order valence-corrected chi connectivity index (χ2v) is 5.85. The van der Waals surface area contributed by atoms with Crippen LogP contribution in [0.15, 0.2) is 12.3 Å². The second kappa shape index (κ2) is 6.12. The molecule has 0 spiro atoms. The Labute approximate surface area is 92.8 Å². The summed E-state index contributed by atoms with van der Waals surface area (Å²) in [7, 11) is -3.12. The lowest BCUT2D eigenvalue weighted by Gasteiger charge is -2.19. The van der Waals surface area contributed by atoms with Gasteiger partial charge < -0.3 is 4.74 Å². The summed E-state index contributed by atoms with van der Waals surface area (Å²) in [5, 5.41) is 0. The fraction of sp³-hybridized carbons (Fsp3) is 0.800. The van der Waals surface area contributed by atoms with E-state index in [9.17, 15) is 8.42 Å². The van der Waals surface area contributed by atoms with Crippen molar-refractivity contribution in [2.24, 2.45) is 11.8 Å². The zero-order valence-corrected chi connectivity index (χ0v) is 10.7. The van der Waals surface area contributed by atoms with Crippen LogP contribution in [0.25, 0.3) is 0 Å². The van der Waals surface area contributed by atoms with Gasteiger partial charge >= 0.3 is 0 Å². The van der Waals surface area contributed by atoms with Crippen LogP contribution in [0.5, 0.6) is 0 Å². The molecule has 15 heavy (non-hydrogen) atoms. The molecule has 1 unspecified atom stereocenters. The van der Waals surface area contributed by atoms with Gasteiger partial charge in [-0.25, -0.2) is 13.1 Å². The number of nitrogens with one attached hydrogen (secondary N) is 1. The van der Waals surface area contributed by atoms with Crippen molar-refractivity contribution in [1.82, 2.24) is 4.72 Å². The SMILES string of the molecule is C=C(OCCNS(C)(=O)=O)C(C)C(C)C. The van der Waals surface area contributed by atoms with Crippen molar-refractivity contribution >= 4 is 10.0 Å². The summed E-state index contributed by atoms with van der Waals surface area (Å²) in [4.78, 5) is 0. The van der Waals surface area contributed by atoms with Crippen molar-refractivity contribution < 1.29 is 13.2 Å². The Morgan fingerprint density at radius 1 is 1.40 bits per heavy atom. The highest BCUT2D eigenvalue weighted by Gasteiger charge is 2.12. The summed E-state index contributed by atoms with van der Waals surface area (Å²) in [6.07, 6.45) is 1.12. The first-order chi connectivity index (χ1) is 6.74. The second-order valence-electron chi connectivity index (χ2n) is 4.01. The highest BCUT2D eigenvalue weighted by atomic mass is 32.2. The lowest BCUT2D eigenvalue weighted by molar-refractivity contribution is 0.172. The maximum atomic E-state index is 10.7. The lowest BCUT2D eigenvalue weighted by Crippen LogP contribution is -2.26. The Balaban J connectivity index is 3.74. The molecule has 0 saturated heterocycles. The van der Waals surface area contributed by atoms with Crippen LogP contribution < -0.4 is 4.72 Å². The molecular formula is C10H21NO3S. The van der Waals surface area contributed by atoms with Crippen LogP contribution in [0.2, 0.25) is 0 Å². The van der Waals surface area contributed by atoms with Gasteiger partial charge in [-0.1, -0.05) is 27.4 Å². The van der Waals surface area contributed by atoms with E-state index >= 15 is 0 Å². The van der Waals surface area contributed by atoms with Crippen LogP contribution in [-0.2, 0) is 14.8 Å². The van der Waals surface area contributed by atoms with Gasteiger partial charge in [0.25, 0.3) is 0 Å². The molecule has 0 bridgehead atoms. The van der Waals surface area contributed by atoms with Crippen molar-refractivity contribution in [2.45, 2.75) is 20.8 Å². The number of hydrogen-bond acceptors (Lipinski definition) is 3. The Morgan fingerprint density at radius 2 is 1.93 bits per heavy atom. The molecule has 0 rings (SSSR count). The first-order valence-corrected chi connectivity index (χ1v) is 6.89. The zero-order valence-electron chi connectivity index (χ0n) is 9.91. The average molecular weight is 235 g/mol. The molecule has 0 amide bonds. The van der Waals surface area contributed by atoms with E-state index in [-0.39, 0.29) is 12.5 Å². The summed E-state index contributed by atoms with van der Waals surface area (Å²) < 4.78 is 29.1. The Hall–Kier alpha value is -0.550. The predicted molar refractivity (Wildman–Crippen MR) is 61.9 cm³/mol. The van der Waals surface area contributed by atoms with E-state index in [1.165, 1.54) is 0 Å². The van der Waals surface area contributed by atoms with Gasteiger partial charge in [0.1, 0.15) is 6.61 Å². The third-order valence-electron chi connectivity index (χ3n) is 2.26. The summed E-state index contributed by atoms with van der Waals surface area (Å²) >= 11 is 0. The fourth-order valence-corrected chi connectivity index (χ4v) is 1.37. The molecule has 0 aromatic heterocycles. The van der Waals surface area contributed by atoms with Crippen LogP contribution in [0, 0.1) is 11.8 Å². The van der Waals surface area contributed by atoms with Gasteiger partial charge in [-0.3, -0.25) is 0 Å². The van der Waals surface area contributed by atoms with Crippen molar-refractivity contribution in [3.05, 3.63) is 12.3 Å². The third-order valence-corrected chi connectivity index (χ3v) is 2.99. The van der Waals surface area contributed by atoms with E-state index in [1.807, 2.05) is 6.92 Å². The molecule has 0 saturated carbocycles. The summed E-state index contributed by atoms with van der Waals surface area (Å²) in [6, 6.07) is 0. The van der Waals surface area contributed by atoms with Gasteiger partial charge in [0.2, 0.25) is 10.0 Å².